The molecule has 1 aliphatic carbocycles. The van der Waals surface area contributed by atoms with Crippen LogP contribution < -0.4 is 10.2 Å². The standard InChI is InChI=1S/C28H39N3O3/c1-5-30(6-2)25-15-12-24(13-16-25)29-27(32)17-18-31(28(33)34-20-21(3)4)26-14-11-22-9-7-8-10-23(22)19-26/h7-10,12-13,15-16,21,26H,5-6,11,14,17-20H2,1-4H3,(H,29,32)/t26-/m1/s1. The number of amides is 2. The summed E-state index contributed by atoms with van der Waals surface area (Å²) in [7, 11) is 0. The Hall–Kier alpha value is -3.02. The fraction of sp³-hybridized carbons (Fsp3) is 0.500. The third-order valence-corrected chi connectivity index (χ3v) is 6.40. The molecule has 1 aliphatic rings. The maximum Gasteiger partial charge on any atom is 0.410 e. The van der Waals surface area contributed by atoms with Gasteiger partial charge in [0.15, 0.2) is 0 Å². The number of hydrogen-bond donors (Lipinski definition) is 1. The fourth-order valence-electron chi connectivity index (χ4n) is 4.48. The largest absolute Gasteiger partial charge is 0.449 e. The maximum absolute atomic E-state index is 13.0. The molecule has 0 aromatic heterocycles. The Morgan fingerprint density at radius 2 is 1.71 bits per heavy atom. The highest BCUT2D eigenvalue weighted by molar-refractivity contribution is 5.91. The van der Waals surface area contributed by atoms with Crippen LogP contribution in [0.4, 0.5) is 16.2 Å². The second-order valence-electron chi connectivity index (χ2n) is 9.35. The van der Waals surface area contributed by atoms with Crippen LogP contribution >= 0.6 is 0 Å². The van der Waals surface area contributed by atoms with E-state index in [1.807, 2.05) is 44.2 Å². The van der Waals surface area contributed by atoms with Gasteiger partial charge in [-0.1, -0.05) is 38.1 Å². The summed E-state index contributed by atoms with van der Waals surface area (Å²) < 4.78 is 5.56. The fourth-order valence-corrected chi connectivity index (χ4v) is 4.48. The number of aryl methyl sites for hydroxylation is 1. The minimum atomic E-state index is -0.325. The van der Waals surface area contributed by atoms with Crippen LogP contribution in [0.25, 0.3) is 0 Å². The Balaban J connectivity index is 1.62. The molecular weight excluding hydrogens is 426 g/mol. The lowest BCUT2D eigenvalue weighted by atomic mass is 9.87. The van der Waals surface area contributed by atoms with Gasteiger partial charge in [-0.25, -0.2) is 4.79 Å². The predicted molar refractivity (Wildman–Crippen MR) is 138 cm³/mol. The molecule has 0 radical (unpaired) electrons. The van der Waals surface area contributed by atoms with E-state index in [9.17, 15) is 9.59 Å². The Morgan fingerprint density at radius 1 is 1.03 bits per heavy atom. The number of benzene rings is 2. The lowest BCUT2D eigenvalue weighted by molar-refractivity contribution is -0.116. The SMILES string of the molecule is CCN(CC)c1ccc(NC(=O)CCN(C(=O)OCC(C)C)[C@@H]2CCc3ccccc3C2)cc1. The number of fused-ring (bicyclic) bond motifs is 1. The van der Waals surface area contributed by atoms with E-state index < -0.39 is 0 Å². The van der Waals surface area contributed by atoms with E-state index in [0.717, 1.165) is 43.7 Å². The van der Waals surface area contributed by atoms with Crippen LogP contribution in [0.1, 0.15) is 51.7 Å². The average molecular weight is 466 g/mol. The predicted octanol–water partition coefficient (Wildman–Crippen LogP) is 5.51. The molecule has 3 rings (SSSR count). The van der Waals surface area contributed by atoms with Crippen LogP contribution in [0, 0.1) is 5.92 Å². The molecule has 2 aromatic rings. The molecule has 0 bridgehead atoms. The van der Waals surface area contributed by atoms with Crippen LogP contribution in [0.5, 0.6) is 0 Å². The zero-order chi connectivity index (χ0) is 24.5. The first kappa shape index (κ1) is 25.6. The van der Waals surface area contributed by atoms with Crippen molar-refractivity contribution in [1.29, 1.82) is 0 Å². The maximum atomic E-state index is 13.0. The summed E-state index contributed by atoms with van der Waals surface area (Å²) >= 11 is 0. The van der Waals surface area contributed by atoms with E-state index >= 15 is 0 Å². The van der Waals surface area contributed by atoms with E-state index in [4.69, 9.17) is 4.74 Å². The number of hydrogen-bond acceptors (Lipinski definition) is 4. The third-order valence-electron chi connectivity index (χ3n) is 6.40. The lowest BCUT2D eigenvalue weighted by Gasteiger charge is -2.34. The summed E-state index contributed by atoms with van der Waals surface area (Å²) in [6.07, 6.45) is 2.51. The number of nitrogens with zero attached hydrogens (tertiary/aromatic N) is 2. The average Bonchev–Trinajstić information content (AvgIpc) is 2.84. The summed E-state index contributed by atoms with van der Waals surface area (Å²) in [5, 5.41) is 2.97. The van der Waals surface area contributed by atoms with Crippen molar-refractivity contribution in [3.8, 4) is 0 Å². The number of carbonyl (C=O) groups is 2. The van der Waals surface area contributed by atoms with Crippen LogP contribution in [0.15, 0.2) is 48.5 Å². The van der Waals surface area contributed by atoms with E-state index in [-0.39, 0.29) is 30.4 Å². The summed E-state index contributed by atoms with van der Waals surface area (Å²) in [5.74, 6) is 0.161. The Morgan fingerprint density at radius 3 is 2.35 bits per heavy atom. The molecule has 2 amide bonds. The Labute approximate surface area is 204 Å². The first-order chi connectivity index (χ1) is 16.4. The number of rotatable bonds is 10. The molecule has 1 atom stereocenters. The molecule has 0 aliphatic heterocycles. The molecule has 6 nitrogen and oxygen atoms in total. The van der Waals surface area contributed by atoms with Gasteiger partial charge in [-0.15, -0.1) is 0 Å². The van der Waals surface area contributed by atoms with Gasteiger partial charge in [-0.3, -0.25) is 4.79 Å². The zero-order valence-corrected chi connectivity index (χ0v) is 21.0. The topological polar surface area (TPSA) is 61.9 Å². The number of nitrogens with one attached hydrogen (secondary N) is 1. The van der Waals surface area contributed by atoms with Gasteiger partial charge in [0, 0.05) is 43.5 Å². The highest BCUT2D eigenvalue weighted by Crippen LogP contribution is 2.25. The monoisotopic (exact) mass is 465 g/mol. The second-order valence-corrected chi connectivity index (χ2v) is 9.35. The van der Waals surface area contributed by atoms with E-state index in [1.54, 1.807) is 4.90 Å². The highest BCUT2D eigenvalue weighted by atomic mass is 16.6. The quantitative estimate of drug-likeness (QED) is 0.502. The molecule has 0 saturated carbocycles. The number of ether oxygens (including phenoxy) is 1. The normalized spacial score (nSPS) is 14.9. The highest BCUT2D eigenvalue weighted by Gasteiger charge is 2.29. The molecule has 0 heterocycles. The molecule has 0 fully saturated rings. The minimum absolute atomic E-state index is 0.0377. The van der Waals surface area contributed by atoms with Gasteiger partial charge in [-0.2, -0.15) is 0 Å². The van der Waals surface area contributed by atoms with E-state index in [2.05, 4.69) is 42.3 Å². The van der Waals surface area contributed by atoms with Gasteiger partial charge in [0.1, 0.15) is 0 Å². The molecule has 0 saturated heterocycles. The molecule has 2 aromatic carbocycles. The molecule has 184 valence electrons. The van der Waals surface area contributed by atoms with Crippen molar-refractivity contribution < 1.29 is 14.3 Å². The van der Waals surface area contributed by atoms with Crippen LogP contribution in [-0.2, 0) is 22.4 Å². The Bertz CT molecular complexity index is 938. The van der Waals surface area contributed by atoms with Crippen molar-refractivity contribution in [2.45, 2.75) is 59.4 Å². The summed E-state index contributed by atoms with van der Waals surface area (Å²) in [5.41, 5.74) is 4.53. The lowest BCUT2D eigenvalue weighted by Crippen LogP contribution is -2.45. The number of carbonyl (C=O) groups excluding carboxylic acids is 2. The molecule has 34 heavy (non-hydrogen) atoms. The second kappa shape index (κ2) is 12.4. The van der Waals surface area contributed by atoms with Crippen molar-refractivity contribution >= 4 is 23.4 Å². The van der Waals surface area contributed by atoms with Crippen molar-refractivity contribution in [3.63, 3.8) is 0 Å². The van der Waals surface area contributed by atoms with Gasteiger partial charge in [-0.05, 0) is 74.4 Å². The van der Waals surface area contributed by atoms with Crippen molar-refractivity contribution in [2.75, 3.05) is 36.5 Å². The molecule has 0 spiro atoms. The van der Waals surface area contributed by atoms with Crippen molar-refractivity contribution in [3.05, 3.63) is 59.7 Å². The van der Waals surface area contributed by atoms with Crippen LogP contribution in [-0.4, -0.2) is 49.2 Å². The van der Waals surface area contributed by atoms with Gasteiger partial charge in [0.05, 0.1) is 6.61 Å². The Kier molecular flexibility index (Phi) is 9.37. The van der Waals surface area contributed by atoms with Crippen molar-refractivity contribution in [2.24, 2.45) is 5.92 Å². The minimum Gasteiger partial charge on any atom is -0.449 e. The van der Waals surface area contributed by atoms with Crippen LogP contribution in [0.2, 0.25) is 0 Å². The van der Waals surface area contributed by atoms with Gasteiger partial charge in [0.25, 0.3) is 0 Å². The first-order valence-electron chi connectivity index (χ1n) is 12.6. The third kappa shape index (κ3) is 6.99. The molecule has 0 unspecified atom stereocenters. The van der Waals surface area contributed by atoms with E-state index in [0.29, 0.717) is 13.2 Å². The smallest absolute Gasteiger partial charge is 0.410 e. The summed E-state index contributed by atoms with van der Waals surface area (Å²) in [6, 6.07) is 16.3. The molecular formula is C28H39N3O3. The van der Waals surface area contributed by atoms with Gasteiger partial charge in [0.2, 0.25) is 5.91 Å². The van der Waals surface area contributed by atoms with E-state index in [1.165, 1.54) is 11.1 Å². The van der Waals surface area contributed by atoms with Crippen molar-refractivity contribution in [1.82, 2.24) is 4.90 Å². The van der Waals surface area contributed by atoms with Gasteiger partial charge >= 0.3 is 6.09 Å². The van der Waals surface area contributed by atoms with Gasteiger partial charge < -0.3 is 19.9 Å². The molecule has 6 heteroatoms. The summed E-state index contributed by atoms with van der Waals surface area (Å²) in [6.45, 7) is 10.9. The first-order valence-corrected chi connectivity index (χ1v) is 12.6. The van der Waals surface area contributed by atoms with Crippen LogP contribution in [0.3, 0.4) is 0 Å². The zero-order valence-electron chi connectivity index (χ0n) is 21.0. The molecule has 1 N–H and O–H groups in total. The summed E-state index contributed by atoms with van der Waals surface area (Å²) in [4.78, 5) is 29.7. The number of anilines is 2.